The van der Waals surface area contributed by atoms with Crippen molar-refractivity contribution in [3.63, 3.8) is 0 Å². The van der Waals surface area contributed by atoms with Gasteiger partial charge in [-0.25, -0.2) is 4.79 Å². The van der Waals surface area contributed by atoms with Gasteiger partial charge >= 0.3 is 5.97 Å². The number of esters is 1. The lowest BCUT2D eigenvalue weighted by molar-refractivity contribution is -0.123. The Morgan fingerprint density at radius 1 is 1.14 bits per heavy atom. The summed E-state index contributed by atoms with van der Waals surface area (Å²) in [5.41, 5.74) is 2.84. The summed E-state index contributed by atoms with van der Waals surface area (Å²) >= 11 is 4.38. The quantitative estimate of drug-likeness (QED) is 0.212. The molecule has 0 atom stereocenters. The van der Waals surface area contributed by atoms with E-state index in [1.807, 2.05) is 32.0 Å². The molecule has 0 N–H and O–H groups in total. The Labute approximate surface area is 226 Å². The lowest BCUT2D eigenvalue weighted by Gasteiger charge is -2.15. The number of nitrogens with zero attached hydrogens (tertiary/aromatic N) is 1. The normalized spacial score (nSPS) is 14.4. The van der Waals surface area contributed by atoms with Crippen molar-refractivity contribution in [3.05, 3.63) is 86.1 Å². The highest BCUT2D eigenvalue weighted by Crippen LogP contribution is 2.40. The van der Waals surface area contributed by atoms with Gasteiger partial charge in [-0.3, -0.25) is 14.5 Å². The van der Waals surface area contributed by atoms with Crippen molar-refractivity contribution in [3.8, 4) is 11.5 Å². The highest BCUT2D eigenvalue weighted by Gasteiger charge is 2.36. The topological polar surface area (TPSA) is 95.3 Å². The Morgan fingerprint density at radius 2 is 1.95 bits per heavy atom. The molecule has 0 bridgehead atoms. The summed E-state index contributed by atoms with van der Waals surface area (Å²) in [6.07, 6.45) is 1.63. The molecule has 2 aromatic carbocycles. The van der Waals surface area contributed by atoms with E-state index in [4.69, 9.17) is 13.9 Å². The van der Waals surface area contributed by atoms with Crippen molar-refractivity contribution in [1.82, 2.24) is 4.90 Å². The zero-order valence-corrected chi connectivity index (χ0v) is 22.8. The lowest BCUT2D eigenvalue weighted by atomic mass is 10.1. The second-order valence-corrected chi connectivity index (χ2v) is 9.91. The molecule has 0 spiro atoms. The van der Waals surface area contributed by atoms with Gasteiger partial charge in [0.15, 0.2) is 11.5 Å². The average molecular weight is 586 g/mol. The highest BCUT2D eigenvalue weighted by atomic mass is 79.9. The molecule has 0 unspecified atom stereocenters. The number of rotatable bonds is 9. The second kappa shape index (κ2) is 11.7. The van der Waals surface area contributed by atoms with Crippen molar-refractivity contribution in [2.45, 2.75) is 27.0 Å². The molecule has 0 aliphatic carbocycles. The first-order valence-corrected chi connectivity index (χ1v) is 13.0. The number of benzene rings is 2. The van der Waals surface area contributed by atoms with Crippen LogP contribution in [0.1, 0.15) is 39.9 Å². The third-order valence-electron chi connectivity index (χ3n) is 5.33. The number of carbonyl (C=O) groups excluding carboxylic acids is 3. The van der Waals surface area contributed by atoms with Gasteiger partial charge in [0.25, 0.3) is 11.1 Å². The van der Waals surface area contributed by atoms with Crippen LogP contribution in [-0.2, 0) is 22.7 Å². The van der Waals surface area contributed by atoms with E-state index in [0.29, 0.717) is 40.5 Å². The minimum Gasteiger partial charge on any atom is -0.490 e. The number of amides is 2. The Morgan fingerprint density at radius 3 is 2.68 bits per heavy atom. The Hall–Kier alpha value is -3.50. The number of aryl methyl sites for hydroxylation is 1. The monoisotopic (exact) mass is 585 g/mol. The van der Waals surface area contributed by atoms with Gasteiger partial charge < -0.3 is 18.6 Å². The molecule has 0 radical (unpaired) electrons. The molecule has 4 rings (SSSR count). The van der Waals surface area contributed by atoms with Crippen LogP contribution in [0.25, 0.3) is 6.08 Å². The van der Waals surface area contributed by atoms with E-state index in [1.54, 1.807) is 18.2 Å². The predicted molar refractivity (Wildman–Crippen MR) is 142 cm³/mol. The van der Waals surface area contributed by atoms with Gasteiger partial charge in [-0.2, -0.15) is 0 Å². The van der Waals surface area contributed by atoms with Crippen LogP contribution in [-0.4, -0.2) is 35.7 Å². The van der Waals surface area contributed by atoms with E-state index in [-0.39, 0.29) is 17.2 Å². The van der Waals surface area contributed by atoms with Crippen LogP contribution in [0.5, 0.6) is 11.5 Å². The van der Waals surface area contributed by atoms with Gasteiger partial charge in [0.1, 0.15) is 12.4 Å². The Bertz CT molecular complexity index is 1380. The molecule has 1 aliphatic rings. The van der Waals surface area contributed by atoms with Crippen molar-refractivity contribution >= 4 is 50.9 Å². The summed E-state index contributed by atoms with van der Waals surface area (Å²) in [5.74, 6) is 0.259. The number of halogens is 1. The summed E-state index contributed by atoms with van der Waals surface area (Å²) in [7, 11) is 1.24. The van der Waals surface area contributed by atoms with Crippen LogP contribution in [0.3, 0.4) is 0 Å². The van der Waals surface area contributed by atoms with Crippen LogP contribution in [0, 0.1) is 6.92 Å². The van der Waals surface area contributed by atoms with Crippen LogP contribution >= 0.6 is 27.7 Å². The summed E-state index contributed by atoms with van der Waals surface area (Å²) in [5, 5.41) is -0.436. The van der Waals surface area contributed by atoms with E-state index in [2.05, 4.69) is 26.7 Å². The molecular weight excluding hydrogens is 562 g/mol. The molecule has 1 aliphatic heterocycles. The Balaban J connectivity index is 1.53. The maximum absolute atomic E-state index is 13.0. The second-order valence-electron chi connectivity index (χ2n) is 8.07. The van der Waals surface area contributed by atoms with Gasteiger partial charge in [-0.1, -0.05) is 29.8 Å². The summed E-state index contributed by atoms with van der Waals surface area (Å²) < 4.78 is 22.5. The molecule has 8 nitrogen and oxygen atoms in total. The molecule has 192 valence electrons. The van der Waals surface area contributed by atoms with Gasteiger partial charge in [-0.15, -0.1) is 0 Å². The Kier molecular flexibility index (Phi) is 8.40. The third kappa shape index (κ3) is 6.26. The summed E-state index contributed by atoms with van der Waals surface area (Å²) in [6, 6.07) is 14.6. The molecule has 1 fully saturated rings. The number of carbonyl (C=O) groups is 3. The first-order chi connectivity index (χ1) is 17.8. The number of methoxy groups -OCH3 is 1. The van der Waals surface area contributed by atoms with Crippen molar-refractivity contribution in [2.24, 2.45) is 0 Å². The minimum absolute atomic E-state index is 0.00183. The maximum Gasteiger partial charge on any atom is 0.373 e. The largest absolute Gasteiger partial charge is 0.490 e. The minimum atomic E-state index is -0.637. The van der Waals surface area contributed by atoms with Crippen LogP contribution < -0.4 is 9.47 Å². The van der Waals surface area contributed by atoms with Crippen molar-refractivity contribution in [2.75, 3.05) is 13.7 Å². The molecule has 37 heavy (non-hydrogen) atoms. The molecule has 3 aromatic rings. The fourth-order valence-corrected chi connectivity index (χ4v) is 5.06. The number of ether oxygens (including phenoxy) is 3. The fourth-order valence-electron chi connectivity index (χ4n) is 3.65. The first-order valence-electron chi connectivity index (χ1n) is 11.4. The molecular formula is C27H24BrNO7S. The van der Waals surface area contributed by atoms with E-state index < -0.39 is 17.1 Å². The average Bonchev–Trinajstić information content (AvgIpc) is 3.44. The van der Waals surface area contributed by atoms with Gasteiger partial charge in [0.2, 0.25) is 5.76 Å². The summed E-state index contributed by atoms with van der Waals surface area (Å²) in [4.78, 5) is 38.5. The first kappa shape index (κ1) is 26.6. The SMILES string of the molecule is CCOc1cc(/C=C2/SC(=O)N(Cc3ccc(C(=O)OC)o3)C2=O)cc(Br)c1OCc1cccc(C)c1. The van der Waals surface area contributed by atoms with E-state index in [9.17, 15) is 14.4 Å². The van der Waals surface area contributed by atoms with Gasteiger partial charge in [-0.05, 0) is 83.0 Å². The van der Waals surface area contributed by atoms with Gasteiger partial charge in [0.05, 0.1) is 29.6 Å². The standard InChI is InChI=1S/C27H24BrNO7S/c1-4-34-22-12-18(11-20(28)24(22)35-15-17-7-5-6-16(2)10-17)13-23-25(30)29(27(32)37-23)14-19-8-9-21(36-19)26(31)33-3/h5-13H,4,14-15H2,1-3H3/b23-13+. The van der Waals surface area contributed by atoms with E-state index in [1.165, 1.54) is 19.2 Å². The molecule has 1 aromatic heterocycles. The fraction of sp³-hybridized carbons (Fsp3) is 0.222. The molecule has 2 amide bonds. The van der Waals surface area contributed by atoms with Crippen molar-refractivity contribution in [1.29, 1.82) is 0 Å². The van der Waals surface area contributed by atoms with Crippen LogP contribution in [0.2, 0.25) is 0 Å². The zero-order chi connectivity index (χ0) is 26.5. The number of hydrogen-bond acceptors (Lipinski definition) is 8. The van der Waals surface area contributed by atoms with Gasteiger partial charge in [0, 0.05) is 0 Å². The lowest BCUT2D eigenvalue weighted by Crippen LogP contribution is -2.27. The van der Waals surface area contributed by atoms with Crippen LogP contribution in [0.4, 0.5) is 4.79 Å². The highest BCUT2D eigenvalue weighted by molar-refractivity contribution is 9.10. The maximum atomic E-state index is 13.0. The van der Waals surface area contributed by atoms with E-state index >= 15 is 0 Å². The zero-order valence-electron chi connectivity index (χ0n) is 20.4. The number of hydrogen-bond donors (Lipinski definition) is 0. The van der Waals surface area contributed by atoms with Crippen LogP contribution in [0.15, 0.2) is 62.3 Å². The van der Waals surface area contributed by atoms with Crippen molar-refractivity contribution < 1.29 is 33.0 Å². The number of thioether (sulfide) groups is 1. The van der Waals surface area contributed by atoms with E-state index in [0.717, 1.165) is 27.8 Å². The molecule has 10 heteroatoms. The molecule has 0 saturated carbocycles. The molecule has 1 saturated heterocycles. The molecule has 2 heterocycles. The third-order valence-corrected chi connectivity index (χ3v) is 6.83. The summed E-state index contributed by atoms with van der Waals surface area (Å²) in [6.45, 7) is 4.58. The smallest absolute Gasteiger partial charge is 0.373 e. The number of furan rings is 1. The predicted octanol–water partition coefficient (Wildman–Crippen LogP) is 6.35. The number of imide groups is 1.